The standard InChI is InChI=1S/C41H32N6O29S8.8Na/c48-37(44-29-5-1-25(77-73-69-53)15-33(29)79-75-71-55)19-9-21(39(50)46-31-7-3-27(81(57,58)59)17-35(31)83(63,64)65)13-23(11-19)42-41(52)43-24-12-20(38(49)45-30-6-2-26(78-74-70-54)16-34(30)80-76-72-56)10-22(14-24)40(51)47-32-8-4-28(82(60,61)62)18-36(32)84(66,67)68;;;;;;;;/h1-18,53-56H,(H,44,48)(H,45,49)(H,46,50)(H,47,51)(H2,42,43,52)(H,57,58,59)(H,60,61,62)(H,63,64,65)(H,66,67,68);;;;;;;;/q;8*+1/p-8. The second-order valence-corrected chi connectivity index (χ2v) is 23.8. The zero-order chi connectivity index (χ0) is 61.7. The Labute approximate surface area is 713 Å². The van der Waals surface area contributed by atoms with Crippen LogP contribution in [-0.4, -0.2) is 81.5 Å². The van der Waals surface area contributed by atoms with E-state index < -0.39 is 135 Å². The Bertz CT molecular complexity index is 3800. The van der Waals surface area contributed by atoms with Crippen molar-refractivity contribution < 1.29 is 371 Å². The molecule has 6 N–H and O–H groups in total. The monoisotopic (exact) mass is 1500 g/mol. The number of anilines is 6. The summed E-state index contributed by atoms with van der Waals surface area (Å²) >= 11 is 1.17. The number of carbonyl (C=O) groups is 5. The Morgan fingerprint density at radius 3 is 0.870 bits per heavy atom. The Morgan fingerprint density at radius 2 is 0.598 bits per heavy atom. The first-order valence-corrected chi connectivity index (χ1v) is 29.7. The van der Waals surface area contributed by atoms with Crippen molar-refractivity contribution in [3.05, 3.63) is 131 Å². The van der Waals surface area contributed by atoms with E-state index in [4.69, 9.17) is 0 Å². The summed E-state index contributed by atoms with van der Waals surface area (Å²) in [5.74, 6) is -5.12. The molecule has 0 fully saturated rings. The van der Waals surface area contributed by atoms with E-state index in [1.165, 1.54) is 36.4 Å². The van der Waals surface area contributed by atoms with Crippen LogP contribution in [0.15, 0.2) is 148 Å². The van der Waals surface area contributed by atoms with E-state index in [1.54, 1.807) is 0 Å². The van der Waals surface area contributed by atoms with Crippen LogP contribution in [0, 0.1) is 0 Å². The summed E-state index contributed by atoms with van der Waals surface area (Å²) in [6, 6.07) is 13.4. The zero-order valence-corrected chi connectivity index (χ0v) is 70.5. The molecule has 0 aliphatic rings. The molecule has 0 spiro atoms. The summed E-state index contributed by atoms with van der Waals surface area (Å²) in [6.45, 7) is 0. The molecule has 6 amide bonds. The number of urea groups is 1. The van der Waals surface area contributed by atoms with Gasteiger partial charge < -0.3 is 71.1 Å². The summed E-state index contributed by atoms with van der Waals surface area (Å²) in [5, 5.41) is 68.8. The maximum atomic E-state index is 14.0. The first-order chi connectivity index (χ1) is 39.5. The van der Waals surface area contributed by atoms with Crippen LogP contribution in [0.1, 0.15) is 41.4 Å². The minimum Gasteiger partial charge on any atom is -0.744 e. The van der Waals surface area contributed by atoms with E-state index in [9.17, 15) is 96.9 Å². The van der Waals surface area contributed by atoms with Gasteiger partial charge in [-0.25, -0.2) is 38.5 Å². The van der Waals surface area contributed by atoms with Crippen LogP contribution in [0.2, 0.25) is 0 Å². The van der Waals surface area contributed by atoms with Gasteiger partial charge in [0.15, 0.2) is 0 Å². The van der Waals surface area contributed by atoms with Gasteiger partial charge >= 0.3 is 242 Å². The van der Waals surface area contributed by atoms with Crippen LogP contribution in [-0.2, 0) is 78.0 Å². The predicted octanol–water partition coefficient (Wildman–Crippen LogP) is -23.1. The molecule has 6 rings (SSSR count). The molecule has 35 nitrogen and oxygen atoms in total. The molecule has 0 aromatic heterocycles. The molecule has 0 aliphatic heterocycles. The number of carbonyl (C=O) groups excluding carboxylic acids is 5. The van der Waals surface area contributed by atoms with Crippen molar-refractivity contribution >= 4 is 152 Å². The van der Waals surface area contributed by atoms with E-state index in [0.717, 1.165) is 36.4 Å². The third kappa shape index (κ3) is 29.9. The van der Waals surface area contributed by atoms with E-state index in [-0.39, 0.29) is 304 Å². The molecule has 92 heavy (non-hydrogen) atoms. The molecule has 6 aromatic carbocycles. The Hall–Kier alpha value is 1.03. The van der Waals surface area contributed by atoms with Crippen LogP contribution in [0.4, 0.5) is 38.9 Å². The molecular weight excluding hydrogens is 1480 g/mol. The van der Waals surface area contributed by atoms with Gasteiger partial charge in [0.25, 0.3) is 23.6 Å². The van der Waals surface area contributed by atoms with Crippen molar-refractivity contribution in [2.45, 2.75) is 39.2 Å². The molecule has 0 atom stereocenters. The van der Waals surface area contributed by atoms with Gasteiger partial charge in [-0.2, -0.15) is 17.3 Å². The Kier molecular flexibility index (Phi) is 47.7. The van der Waals surface area contributed by atoms with Crippen molar-refractivity contribution in [3.8, 4) is 0 Å². The molecular formula is C41H24N6Na8O29S8. The number of hydrogen-bond acceptors (Lipinski definition) is 33. The fourth-order valence-corrected chi connectivity index (χ4v) is 11.0. The van der Waals surface area contributed by atoms with Crippen LogP contribution < -0.4 is 289 Å². The second-order valence-electron chi connectivity index (χ2n) is 15.3. The van der Waals surface area contributed by atoms with Crippen molar-refractivity contribution in [3.63, 3.8) is 0 Å². The van der Waals surface area contributed by atoms with Gasteiger partial charge in [-0.3, -0.25) is 39.3 Å². The van der Waals surface area contributed by atoms with Crippen LogP contribution in [0.25, 0.3) is 0 Å². The maximum Gasteiger partial charge on any atom is 1.00 e. The quantitative estimate of drug-likeness (QED) is 0.00965. The molecule has 51 heteroatoms. The summed E-state index contributed by atoms with van der Waals surface area (Å²) in [5.41, 5.74) is -5.70. The van der Waals surface area contributed by atoms with Gasteiger partial charge in [-0.15, -0.1) is 0 Å². The van der Waals surface area contributed by atoms with Crippen LogP contribution in [0.3, 0.4) is 0 Å². The van der Waals surface area contributed by atoms with E-state index in [1.807, 2.05) is 10.6 Å². The normalized spacial score (nSPS) is 10.8. The molecule has 0 unspecified atom stereocenters. The third-order valence-electron chi connectivity index (χ3n) is 9.97. The van der Waals surface area contributed by atoms with Crippen LogP contribution >= 0.6 is 48.2 Å². The van der Waals surface area contributed by atoms with Crippen molar-refractivity contribution in [1.82, 2.24) is 0 Å². The van der Waals surface area contributed by atoms with Gasteiger partial charge in [0.2, 0.25) is 0 Å². The Morgan fingerprint density at radius 1 is 0.326 bits per heavy atom. The molecule has 448 valence electrons. The first kappa shape index (κ1) is 97.2. The van der Waals surface area contributed by atoms with Gasteiger partial charge in [0.05, 0.1) is 100 Å². The first-order valence-electron chi connectivity index (χ1n) is 21.1. The summed E-state index contributed by atoms with van der Waals surface area (Å²) < 4.78 is 160. The van der Waals surface area contributed by atoms with Crippen LogP contribution in [0.5, 0.6) is 0 Å². The smallest absolute Gasteiger partial charge is 0.744 e. The molecule has 0 saturated heterocycles. The van der Waals surface area contributed by atoms with E-state index in [0.29, 0.717) is 48.4 Å². The number of amides is 6. The van der Waals surface area contributed by atoms with Gasteiger partial charge in [-0.05, 0) is 109 Å². The van der Waals surface area contributed by atoms with Gasteiger partial charge in [0.1, 0.15) is 40.5 Å². The zero-order valence-electron chi connectivity index (χ0n) is 48.0. The van der Waals surface area contributed by atoms with Gasteiger partial charge in [-0.1, -0.05) is 0 Å². The molecule has 0 heterocycles. The number of nitrogens with one attached hydrogen (secondary N) is 6. The van der Waals surface area contributed by atoms with E-state index in [2.05, 4.69) is 58.8 Å². The van der Waals surface area contributed by atoms with Crippen molar-refractivity contribution in [2.24, 2.45) is 0 Å². The fourth-order valence-electron chi connectivity index (χ4n) is 6.59. The van der Waals surface area contributed by atoms with E-state index >= 15 is 0 Å². The molecule has 6 aromatic rings. The third-order valence-corrected chi connectivity index (χ3v) is 15.8. The molecule has 0 bridgehead atoms. The SMILES string of the molecule is O=C(Nc1cc(C(=O)Nc2ccc(SOO[O-])cc2SOO[O-])cc(C(=O)Nc2ccc(S(=O)(=O)[O-])cc2S(=O)(=O)[O-])c1)Nc1cc(C(=O)Nc2ccc(SOO[O-])cc2SOO[O-])cc(C(=O)Nc2ccc(S(=O)(=O)[O-])cc2S(=O)(=O)[O-])c1.[Na+].[Na+].[Na+].[Na+].[Na+].[Na+].[Na+].[Na+]. The second kappa shape index (κ2) is 45.1. The van der Waals surface area contributed by atoms with Gasteiger partial charge in [0, 0.05) is 43.4 Å². The minimum absolute atomic E-state index is 0. The Balaban J connectivity index is -0.00000990. The predicted molar refractivity (Wildman–Crippen MR) is 267 cm³/mol. The minimum atomic E-state index is -5.67. The fraction of sp³-hybridized carbons (Fsp3) is 0. The molecule has 0 aliphatic carbocycles. The average Bonchev–Trinajstić information content (AvgIpc) is 0.810. The topological polar surface area (TPSA) is 552 Å². The molecule has 0 saturated carbocycles. The van der Waals surface area contributed by atoms with Crippen molar-refractivity contribution in [2.75, 3.05) is 31.9 Å². The summed E-state index contributed by atoms with van der Waals surface area (Å²) in [4.78, 5) is 64.5. The van der Waals surface area contributed by atoms with Crippen molar-refractivity contribution in [1.29, 1.82) is 0 Å². The average molecular weight is 1510 g/mol. The molecule has 0 radical (unpaired) electrons. The summed E-state index contributed by atoms with van der Waals surface area (Å²) in [6.07, 6.45) is 0. The number of benzene rings is 6. The maximum absolute atomic E-state index is 14.0. The summed E-state index contributed by atoms with van der Waals surface area (Å²) in [7, 11) is -22.1. The number of hydrogen-bond donors (Lipinski definition) is 6. The largest absolute Gasteiger partial charge is 1.00 e. The number of rotatable bonds is 26.